The molecule has 0 aromatic carbocycles. The largest absolute Gasteiger partial charge is 0.396 e. The fraction of sp³-hybridized carbons (Fsp3) is 0.571. The van der Waals surface area contributed by atoms with E-state index in [-0.39, 0.29) is 12.4 Å². The smallest absolute Gasteiger partial charge is 0.180 e. The zero-order valence-corrected chi connectivity index (χ0v) is 10.8. The number of hydrogen-bond acceptors (Lipinski definition) is 4. The molecule has 18 heavy (non-hydrogen) atoms. The van der Waals surface area contributed by atoms with E-state index in [0.29, 0.717) is 18.0 Å². The van der Waals surface area contributed by atoms with Gasteiger partial charge in [0, 0.05) is 26.1 Å². The fourth-order valence-corrected chi connectivity index (χ4v) is 2.40. The van der Waals surface area contributed by atoms with Crippen LogP contribution in [-0.4, -0.2) is 35.6 Å². The summed E-state index contributed by atoms with van der Waals surface area (Å²) in [5.74, 6) is 0.660. The molecule has 1 saturated heterocycles. The second-order valence-electron chi connectivity index (χ2n) is 4.79. The molecule has 1 aliphatic rings. The third kappa shape index (κ3) is 2.88. The van der Waals surface area contributed by atoms with Crippen LogP contribution in [-0.2, 0) is 0 Å². The monoisotopic (exact) mass is 248 g/mol. The molecule has 0 saturated carbocycles. The van der Waals surface area contributed by atoms with Crippen molar-refractivity contribution in [1.82, 2.24) is 4.98 Å². The molecule has 98 valence electrons. The van der Waals surface area contributed by atoms with Crippen LogP contribution in [0.2, 0.25) is 0 Å². The van der Waals surface area contributed by atoms with Crippen molar-refractivity contribution in [2.24, 2.45) is 5.92 Å². The van der Waals surface area contributed by atoms with E-state index in [1.54, 1.807) is 12.3 Å². The van der Waals surface area contributed by atoms with Crippen LogP contribution < -0.4 is 4.90 Å². The molecule has 1 N–H and O–H groups in total. The second-order valence-corrected chi connectivity index (χ2v) is 4.79. The van der Waals surface area contributed by atoms with Crippen LogP contribution in [0.15, 0.2) is 18.3 Å². The number of Topliss-reactive ketones (excluding diaryl/α,β-unsaturated/α-hetero) is 1. The summed E-state index contributed by atoms with van der Waals surface area (Å²) in [5, 5.41) is 8.94. The van der Waals surface area contributed by atoms with Crippen LogP contribution >= 0.6 is 0 Å². The maximum Gasteiger partial charge on any atom is 0.180 e. The van der Waals surface area contributed by atoms with Gasteiger partial charge in [-0.25, -0.2) is 0 Å². The van der Waals surface area contributed by atoms with E-state index in [4.69, 9.17) is 5.11 Å². The van der Waals surface area contributed by atoms with Crippen molar-refractivity contribution in [3.63, 3.8) is 0 Å². The minimum atomic E-state index is 0.0844. The number of aromatic nitrogens is 1. The summed E-state index contributed by atoms with van der Waals surface area (Å²) in [6.45, 7) is 4.09. The average Bonchev–Trinajstić information content (AvgIpc) is 2.87. The van der Waals surface area contributed by atoms with Gasteiger partial charge in [0.2, 0.25) is 0 Å². The predicted molar refractivity (Wildman–Crippen MR) is 70.9 cm³/mol. The number of nitrogens with zero attached hydrogens (tertiary/aromatic N) is 2. The zero-order valence-electron chi connectivity index (χ0n) is 10.8. The van der Waals surface area contributed by atoms with Gasteiger partial charge in [0.05, 0.1) is 11.9 Å². The highest BCUT2D eigenvalue weighted by Gasteiger charge is 2.22. The number of aliphatic hydroxyl groups is 1. The molecule has 0 spiro atoms. The van der Waals surface area contributed by atoms with Gasteiger partial charge < -0.3 is 10.0 Å². The van der Waals surface area contributed by atoms with E-state index in [1.165, 1.54) is 0 Å². The van der Waals surface area contributed by atoms with Crippen molar-refractivity contribution in [2.75, 3.05) is 24.6 Å². The van der Waals surface area contributed by atoms with Gasteiger partial charge >= 0.3 is 0 Å². The molecule has 1 atom stereocenters. The van der Waals surface area contributed by atoms with E-state index in [0.717, 1.165) is 31.6 Å². The van der Waals surface area contributed by atoms with Crippen LogP contribution in [0, 0.1) is 5.92 Å². The molecule has 1 unspecified atom stereocenters. The molecule has 2 rings (SSSR count). The third-order valence-corrected chi connectivity index (χ3v) is 3.54. The molecule has 0 bridgehead atoms. The fourth-order valence-electron chi connectivity index (χ4n) is 2.40. The molecule has 0 amide bonds. The maximum atomic E-state index is 11.5. The third-order valence-electron chi connectivity index (χ3n) is 3.54. The van der Waals surface area contributed by atoms with E-state index in [2.05, 4.69) is 9.88 Å². The lowest BCUT2D eigenvalue weighted by molar-refractivity contribution is 0.0983. The van der Waals surface area contributed by atoms with Crippen molar-refractivity contribution in [1.29, 1.82) is 0 Å². The Balaban J connectivity index is 2.00. The van der Waals surface area contributed by atoms with Gasteiger partial charge in [-0.2, -0.15) is 0 Å². The van der Waals surface area contributed by atoms with Gasteiger partial charge in [0.25, 0.3) is 0 Å². The molecule has 1 aromatic rings. The molecule has 4 heteroatoms. The van der Waals surface area contributed by atoms with Gasteiger partial charge in [-0.05, 0) is 30.9 Å². The quantitative estimate of drug-likeness (QED) is 0.808. The predicted octanol–water partition coefficient (Wildman–Crippen LogP) is 1.88. The number of carbonyl (C=O) groups is 1. The van der Waals surface area contributed by atoms with E-state index >= 15 is 0 Å². The van der Waals surface area contributed by atoms with Crippen molar-refractivity contribution in [3.05, 3.63) is 24.0 Å². The number of anilines is 1. The number of ketones is 1. The Kier molecular flexibility index (Phi) is 4.31. The summed E-state index contributed by atoms with van der Waals surface area (Å²) in [6, 6.07) is 3.78. The standard InChI is InChI=1S/C14H20N2O2/c1-2-14(18)13-4-3-12(9-15-13)16-7-5-11(10-16)6-8-17/h3-4,9,11,17H,2,5-8,10H2,1H3. The van der Waals surface area contributed by atoms with Crippen LogP contribution in [0.4, 0.5) is 5.69 Å². The number of pyridine rings is 1. The van der Waals surface area contributed by atoms with Gasteiger partial charge in [-0.3, -0.25) is 9.78 Å². The van der Waals surface area contributed by atoms with Gasteiger partial charge in [0.1, 0.15) is 5.69 Å². The van der Waals surface area contributed by atoms with E-state index in [1.807, 2.05) is 13.0 Å². The molecule has 1 fully saturated rings. The summed E-state index contributed by atoms with van der Waals surface area (Å²) < 4.78 is 0. The molecule has 0 aliphatic carbocycles. The van der Waals surface area contributed by atoms with Crippen molar-refractivity contribution < 1.29 is 9.90 Å². The van der Waals surface area contributed by atoms with E-state index < -0.39 is 0 Å². The van der Waals surface area contributed by atoms with Gasteiger partial charge in [0.15, 0.2) is 5.78 Å². The highest BCUT2D eigenvalue weighted by atomic mass is 16.3. The van der Waals surface area contributed by atoms with Crippen LogP contribution in [0.25, 0.3) is 0 Å². The van der Waals surface area contributed by atoms with Crippen LogP contribution in [0.5, 0.6) is 0 Å². The first-order chi connectivity index (χ1) is 8.74. The summed E-state index contributed by atoms with van der Waals surface area (Å²) in [5.41, 5.74) is 1.62. The number of aliphatic hydroxyl groups excluding tert-OH is 1. The van der Waals surface area contributed by atoms with Crippen molar-refractivity contribution in [2.45, 2.75) is 26.2 Å². The Morgan fingerprint density at radius 1 is 1.56 bits per heavy atom. The molecule has 1 aliphatic heterocycles. The lowest BCUT2D eigenvalue weighted by atomic mass is 10.1. The molecule has 1 aromatic heterocycles. The molecular formula is C14H20N2O2. The van der Waals surface area contributed by atoms with Gasteiger partial charge in [-0.15, -0.1) is 0 Å². The number of rotatable bonds is 5. The summed E-state index contributed by atoms with van der Waals surface area (Å²) >= 11 is 0. The molecule has 4 nitrogen and oxygen atoms in total. The Labute approximate surface area is 108 Å². The normalized spacial score (nSPS) is 19.2. The Hall–Kier alpha value is -1.42. The summed E-state index contributed by atoms with van der Waals surface area (Å²) in [4.78, 5) is 18.0. The van der Waals surface area contributed by atoms with Crippen LogP contribution in [0.1, 0.15) is 36.7 Å². The zero-order chi connectivity index (χ0) is 13.0. The van der Waals surface area contributed by atoms with E-state index in [9.17, 15) is 4.79 Å². The minimum absolute atomic E-state index is 0.0844. The Morgan fingerprint density at radius 2 is 2.39 bits per heavy atom. The Morgan fingerprint density at radius 3 is 3.00 bits per heavy atom. The first kappa shape index (κ1) is 13.0. The number of hydrogen-bond donors (Lipinski definition) is 1. The molecule has 2 heterocycles. The first-order valence-electron chi connectivity index (χ1n) is 6.59. The SMILES string of the molecule is CCC(=O)c1ccc(N2CCC(CCO)C2)cn1. The lowest BCUT2D eigenvalue weighted by Gasteiger charge is -2.18. The minimum Gasteiger partial charge on any atom is -0.396 e. The maximum absolute atomic E-state index is 11.5. The summed E-state index contributed by atoms with van der Waals surface area (Å²) in [6.07, 6.45) is 4.27. The number of carbonyl (C=O) groups excluding carboxylic acids is 1. The lowest BCUT2D eigenvalue weighted by Crippen LogP contribution is -2.20. The first-order valence-corrected chi connectivity index (χ1v) is 6.59. The highest BCUT2D eigenvalue weighted by Crippen LogP contribution is 2.25. The molecular weight excluding hydrogens is 228 g/mol. The highest BCUT2D eigenvalue weighted by molar-refractivity contribution is 5.94. The second kappa shape index (κ2) is 5.96. The topological polar surface area (TPSA) is 53.4 Å². The average molecular weight is 248 g/mol. The molecule has 0 radical (unpaired) electrons. The van der Waals surface area contributed by atoms with Crippen molar-refractivity contribution in [3.8, 4) is 0 Å². The van der Waals surface area contributed by atoms with Crippen LogP contribution in [0.3, 0.4) is 0 Å². The van der Waals surface area contributed by atoms with Crippen molar-refractivity contribution >= 4 is 11.5 Å². The summed E-state index contributed by atoms with van der Waals surface area (Å²) in [7, 11) is 0. The Bertz CT molecular complexity index is 403. The van der Waals surface area contributed by atoms with Gasteiger partial charge in [-0.1, -0.05) is 6.92 Å².